The van der Waals surface area contributed by atoms with Crippen LogP contribution in [0, 0.1) is 18.2 Å². The minimum atomic E-state index is -0.315. The van der Waals surface area contributed by atoms with E-state index < -0.39 is 0 Å². The number of anilines is 1. The molecule has 0 aliphatic rings. The maximum absolute atomic E-state index is 12.7. The van der Waals surface area contributed by atoms with Crippen LogP contribution in [0.25, 0.3) is 0 Å². The third-order valence-electron chi connectivity index (χ3n) is 1.35. The van der Waals surface area contributed by atoms with Gasteiger partial charge in [-0.1, -0.05) is 5.92 Å². The molecule has 0 atom stereocenters. The first-order valence-electron chi connectivity index (χ1n) is 3.21. The molecule has 1 nitrogen and oxygen atoms in total. The van der Waals surface area contributed by atoms with E-state index in [1.54, 1.807) is 13.1 Å². The second-order valence-electron chi connectivity index (χ2n) is 2.12. The van der Waals surface area contributed by atoms with E-state index in [0.29, 0.717) is 11.3 Å². The largest absolute Gasteiger partial charge is 0.388 e. The number of hydrogen-bond donors (Lipinski definition) is 1. The van der Waals surface area contributed by atoms with Crippen LogP contribution in [0.3, 0.4) is 0 Å². The Morgan fingerprint density at radius 3 is 2.73 bits per heavy atom. The van der Waals surface area contributed by atoms with Crippen molar-refractivity contribution in [3.8, 4) is 12.3 Å². The summed E-state index contributed by atoms with van der Waals surface area (Å²) in [6.45, 7) is 0. The molecule has 56 valence electrons. The van der Waals surface area contributed by atoms with Gasteiger partial charge in [-0.15, -0.1) is 6.42 Å². The zero-order valence-electron chi connectivity index (χ0n) is 6.19. The standard InChI is InChI=1S/C9H8FN/c1-3-7-4-8(10)6-9(5-7)11-2/h1,4-6,11H,2H3. The molecule has 0 saturated heterocycles. The third kappa shape index (κ3) is 1.71. The second kappa shape index (κ2) is 3.07. The Kier molecular flexibility index (Phi) is 2.12. The smallest absolute Gasteiger partial charge is 0.126 e. The summed E-state index contributed by atoms with van der Waals surface area (Å²) in [4.78, 5) is 0. The van der Waals surface area contributed by atoms with Crippen molar-refractivity contribution in [2.45, 2.75) is 0 Å². The Labute approximate surface area is 65.2 Å². The second-order valence-corrected chi connectivity index (χ2v) is 2.12. The van der Waals surface area contributed by atoms with Crippen molar-refractivity contribution in [1.82, 2.24) is 0 Å². The summed E-state index contributed by atoms with van der Waals surface area (Å²) in [6.07, 6.45) is 5.10. The van der Waals surface area contributed by atoms with Gasteiger partial charge in [0.15, 0.2) is 0 Å². The van der Waals surface area contributed by atoms with Crippen LogP contribution < -0.4 is 5.32 Å². The molecule has 0 heterocycles. The zero-order valence-corrected chi connectivity index (χ0v) is 6.19. The lowest BCUT2D eigenvalue weighted by Crippen LogP contribution is -1.89. The van der Waals surface area contributed by atoms with Gasteiger partial charge >= 0.3 is 0 Å². The van der Waals surface area contributed by atoms with Crippen molar-refractivity contribution >= 4 is 5.69 Å². The summed E-state index contributed by atoms with van der Waals surface area (Å²) in [6, 6.07) is 4.42. The fourth-order valence-electron chi connectivity index (χ4n) is 0.817. The molecule has 0 saturated carbocycles. The van der Waals surface area contributed by atoms with Gasteiger partial charge in [0.1, 0.15) is 5.82 Å². The van der Waals surface area contributed by atoms with Crippen LogP contribution in [0.5, 0.6) is 0 Å². The first-order valence-corrected chi connectivity index (χ1v) is 3.21. The van der Waals surface area contributed by atoms with Gasteiger partial charge in [-0.3, -0.25) is 0 Å². The van der Waals surface area contributed by atoms with E-state index in [0.717, 1.165) is 0 Å². The van der Waals surface area contributed by atoms with Gasteiger partial charge in [0.05, 0.1) is 0 Å². The highest BCUT2D eigenvalue weighted by Gasteiger charge is 1.95. The topological polar surface area (TPSA) is 12.0 Å². The summed E-state index contributed by atoms with van der Waals surface area (Å²) in [5.74, 6) is 2.05. The normalized spacial score (nSPS) is 8.82. The predicted octanol–water partition coefficient (Wildman–Crippen LogP) is 1.85. The van der Waals surface area contributed by atoms with Crippen LogP contribution in [0.2, 0.25) is 0 Å². The lowest BCUT2D eigenvalue weighted by Gasteiger charge is -1.99. The number of nitrogens with one attached hydrogen (secondary N) is 1. The lowest BCUT2D eigenvalue weighted by molar-refractivity contribution is 0.628. The molecule has 0 fully saturated rings. The molecule has 0 bridgehead atoms. The first kappa shape index (κ1) is 7.62. The number of halogens is 1. The van der Waals surface area contributed by atoms with Crippen molar-refractivity contribution in [2.75, 3.05) is 12.4 Å². The maximum atomic E-state index is 12.7. The summed E-state index contributed by atoms with van der Waals surface area (Å²) >= 11 is 0. The molecule has 1 N–H and O–H groups in total. The molecule has 11 heavy (non-hydrogen) atoms. The van der Waals surface area contributed by atoms with Gasteiger partial charge in [0.25, 0.3) is 0 Å². The summed E-state index contributed by atoms with van der Waals surface area (Å²) in [5.41, 5.74) is 1.24. The van der Waals surface area contributed by atoms with Crippen molar-refractivity contribution in [2.24, 2.45) is 0 Å². The SMILES string of the molecule is C#Cc1cc(F)cc(NC)c1. The number of benzene rings is 1. The van der Waals surface area contributed by atoms with Gasteiger partial charge in [0.2, 0.25) is 0 Å². The van der Waals surface area contributed by atoms with E-state index in [4.69, 9.17) is 6.42 Å². The Morgan fingerprint density at radius 2 is 2.18 bits per heavy atom. The summed E-state index contributed by atoms with van der Waals surface area (Å²) in [7, 11) is 1.72. The average Bonchev–Trinajstić information content (AvgIpc) is 2.03. The zero-order chi connectivity index (χ0) is 8.27. The molecular weight excluding hydrogens is 141 g/mol. The molecule has 0 aliphatic carbocycles. The van der Waals surface area contributed by atoms with Crippen molar-refractivity contribution in [3.63, 3.8) is 0 Å². The number of rotatable bonds is 1. The van der Waals surface area contributed by atoms with Crippen LogP contribution in [-0.2, 0) is 0 Å². The van der Waals surface area contributed by atoms with Crippen molar-refractivity contribution in [3.05, 3.63) is 29.6 Å². The highest BCUT2D eigenvalue weighted by Crippen LogP contribution is 2.11. The Bertz CT molecular complexity index is 299. The molecule has 0 aliphatic heterocycles. The van der Waals surface area contributed by atoms with Crippen molar-refractivity contribution < 1.29 is 4.39 Å². The van der Waals surface area contributed by atoms with Gasteiger partial charge in [-0.2, -0.15) is 0 Å². The molecular formula is C9H8FN. The van der Waals surface area contributed by atoms with Gasteiger partial charge in [-0.25, -0.2) is 4.39 Å². The summed E-state index contributed by atoms with van der Waals surface area (Å²) < 4.78 is 12.7. The fourth-order valence-corrected chi connectivity index (χ4v) is 0.817. The fraction of sp³-hybridized carbons (Fsp3) is 0.111. The monoisotopic (exact) mass is 149 g/mol. The predicted molar refractivity (Wildman–Crippen MR) is 43.9 cm³/mol. The Morgan fingerprint density at radius 1 is 1.45 bits per heavy atom. The summed E-state index contributed by atoms with van der Waals surface area (Å²) in [5, 5.41) is 2.81. The molecule has 0 spiro atoms. The van der Waals surface area contributed by atoms with Crippen LogP contribution in [-0.4, -0.2) is 7.05 Å². The maximum Gasteiger partial charge on any atom is 0.126 e. The van der Waals surface area contributed by atoms with Gasteiger partial charge < -0.3 is 5.32 Å². The third-order valence-corrected chi connectivity index (χ3v) is 1.35. The van der Waals surface area contributed by atoms with Crippen LogP contribution >= 0.6 is 0 Å². The number of terminal acetylenes is 1. The molecule has 0 unspecified atom stereocenters. The van der Waals surface area contributed by atoms with Gasteiger partial charge in [-0.05, 0) is 18.2 Å². The van der Waals surface area contributed by atoms with Crippen LogP contribution in [0.15, 0.2) is 18.2 Å². The van der Waals surface area contributed by atoms with E-state index in [1.165, 1.54) is 12.1 Å². The van der Waals surface area contributed by atoms with Gasteiger partial charge in [0, 0.05) is 18.3 Å². The minimum absolute atomic E-state index is 0.315. The van der Waals surface area contributed by atoms with E-state index in [1.807, 2.05) is 0 Å². The van der Waals surface area contributed by atoms with Crippen LogP contribution in [0.4, 0.5) is 10.1 Å². The lowest BCUT2D eigenvalue weighted by atomic mass is 10.2. The highest BCUT2D eigenvalue weighted by atomic mass is 19.1. The molecule has 1 aromatic carbocycles. The minimum Gasteiger partial charge on any atom is -0.388 e. The highest BCUT2D eigenvalue weighted by molar-refractivity contribution is 5.49. The molecule has 0 aromatic heterocycles. The average molecular weight is 149 g/mol. The molecule has 1 aromatic rings. The first-order chi connectivity index (χ1) is 5.26. The Hall–Kier alpha value is -1.49. The Balaban J connectivity index is 3.15. The number of hydrogen-bond acceptors (Lipinski definition) is 1. The molecule has 0 radical (unpaired) electrons. The van der Waals surface area contributed by atoms with E-state index in [2.05, 4.69) is 11.2 Å². The van der Waals surface area contributed by atoms with E-state index in [-0.39, 0.29) is 5.82 Å². The molecule has 0 amide bonds. The van der Waals surface area contributed by atoms with E-state index >= 15 is 0 Å². The van der Waals surface area contributed by atoms with Crippen LogP contribution in [0.1, 0.15) is 5.56 Å². The van der Waals surface area contributed by atoms with Crippen molar-refractivity contribution in [1.29, 1.82) is 0 Å². The van der Waals surface area contributed by atoms with E-state index in [9.17, 15) is 4.39 Å². The quantitative estimate of drug-likeness (QED) is 0.601. The molecule has 2 heteroatoms. The molecule has 1 rings (SSSR count).